The quantitative estimate of drug-likeness (QED) is 0.821. The second-order valence-corrected chi connectivity index (χ2v) is 6.23. The minimum Gasteiger partial charge on any atom is -0.399 e. The summed E-state index contributed by atoms with van der Waals surface area (Å²) in [5, 5.41) is 0. The van der Waals surface area contributed by atoms with Crippen molar-refractivity contribution in [2.75, 3.05) is 36.9 Å². The van der Waals surface area contributed by atoms with Crippen molar-refractivity contribution in [2.24, 2.45) is 0 Å². The maximum atomic E-state index is 11.2. The lowest BCUT2D eigenvalue weighted by atomic mass is 10.1. The first-order valence-electron chi connectivity index (χ1n) is 6.16. The van der Waals surface area contributed by atoms with E-state index in [1.165, 1.54) is 5.56 Å². The maximum Gasteiger partial charge on any atom is 0.0363 e. The summed E-state index contributed by atoms with van der Waals surface area (Å²) in [6.07, 6.45) is 2.26. The van der Waals surface area contributed by atoms with E-state index in [-0.39, 0.29) is 0 Å². The Balaban J connectivity index is 1.69. The van der Waals surface area contributed by atoms with Crippen molar-refractivity contribution < 1.29 is 4.21 Å². The first-order chi connectivity index (χ1) is 8.24. The summed E-state index contributed by atoms with van der Waals surface area (Å²) in [6.45, 7) is 3.10. The Kier molecular flexibility index (Phi) is 4.57. The fourth-order valence-electron chi connectivity index (χ4n) is 2.09. The molecular weight excluding hydrogens is 232 g/mol. The van der Waals surface area contributed by atoms with Crippen molar-refractivity contribution >= 4 is 16.5 Å². The van der Waals surface area contributed by atoms with Crippen LogP contribution >= 0.6 is 0 Å². The van der Waals surface area contributed by atoms with Gasteiger partial charge in [-0.25, -0.2) is 0 Å². The Morgan fingerprint density at radius 3 is 2.47 bits per heavy atom. The summed E-state index contributed by atoms with van der Waals surface area (Å²) in [6, 6.07) is 8.11. The SMILES string of the molecule is Nc1ccc(CCCN2CCS(=O)CC2)cc1. The van der Waals surface area contributed by atoms with Crippen LogP contribution in [0.1, 0.15) is 12.0 Å². The topological polar surface area (TPSA) is 46.3 Å². The molecule has 1 aliphatic rings. The molecular formula is C13H20N2OS. The number of rotatable bonds is 4. The van der Waals surface area contributed by atoms with Crippen LogP contribution in [0.25, 0.3) is 0 Å². The van der Waals surface area contributed by atoms with Crippen molar-refractivity contribution in [2.45, 2.75) is 12.8 Å². The number of nitrogens with two attached hydrogens (primary N) is 1. The van der Waals surface area contributed by atoms with Crippen LogP contribution in [0.4, 0.5) is 5.69 Å². The molecule has 2 rings (SSSR count). The van der Waals surface area contributed by atoms with Gasteiger partial charge in [-0.05, 0) is 37.1 Å². The first kappa shape index (κ1) is 12.6. The number of nitrogens with zero attached hydrogens (tertiary/aromatic N) is 1. The second kappa shape index (κ2) is 6.17. The number of aryl methyl sites for hydroxylation is 1. The fraction of sp³-hybridized carbons (Fsp3) is 0.538. The third-order valence-corrected chi connectivity index (χ3v) is 4.47. The summed E-state index contributed by atoms with van der Waals surface area (Å²) in [7, 11) is -0.561. The lowest BCUT2D eigenvalue weighted by molar-refractivity contribution is 0.296. The van der Waals surface area contributed by atoms with Gasteiger partial charge >= 0.3 is 0 Å². The molecule has 0 saturated carbocycles. The minimum absolute atomic E-state index is 0.561. The molecule has 1 aliphatic heterocycles. The number of benzene rings is 1. The Morgan fingerprint density at radius 2 is 1.82 bits per heavy atom. The van der Waals surface area contributed by atoms with Crippen molar-refractivity contribution in [3.05, 3.63) is 29.8 Å². The predicted molar refractivity (Wildman–Crippen MR) is 73.5 cm³/mol. The maximum absolute atomic E-state index is 11.2. The first-order valence-corrected chi connectivity index (χ1v) is 7.64. The molecule has 0 aliphatic carbocycles. The third kappa shape index (κ3) is 4.13. The fourth-order valence-corrected chi connectivity index (χ4v) is 3.22. The van der Waals surface area contributed by atoms with E-state index in [1.54, 1.807) is 0 Å². The zero-order valence-electron chi connectivity index (χ0n) is 10.1. The molecule has 4 heteroatoms. The molecule has 0 radical (unpaired) electrons. The van der Waals surface area contributed by atoms with E-state index >= 15 is 0 Å². The molecule has 0 unspecified atom stereocenters. The molecule has 0 atom stereocenters. The molecule has 1 heterocycles. The molecule has 94 valence electrons. The van der Waals surface area contributed by atoms with Crippen LogP contribution in [0.3, 0.4) is 0 Å². The van der Waals surface area contributed by atoms with Gasteiger partial charge in [0.15, 0.2) is 0 Å². The Bertz CT molecular complexity index is 368. The summed E-state index contributed by atoms with van der Waals surface area (Å²) in [4.78, 5) is 2.42. The Hall–Kier alpha value is -0.870. The standard InChI is InChI=1S/C13H20N2OS/c14-13-5-3-12(4-6-13)2-1-7-15-8-10-17(16)11-9-15/h3-6H,1-2,7-11,14H2. The molecule has 1 aromatic carbocycles. The van der Waals surface area contributed by atoms with Gasteiger partial charge in [-0.2, -0.15) is 0 Å². The van der Waals surface area contributed by atoms with Crippen LogP contribution in [-0.2, 0) is 17.2 Å². The molecule has 0 aromatic heterocycles. The van der Waals surface area contributed by atoms with Gasteiger partial charge in [0, 0.05) is 41.1 Å². The van der Waals surface area contributed by atoms with E-state index in [2.05, 4.69) is 17.0 Å². The van der Waals surface area contributed by atoms with Crippen molar-refractivity contribution in [3.8, 4) is 0 Å². The van der Waals surface area contributed by atoms with Gasteiger partial charge in [0.05, 0.1) is 0 Å². The van der Waals surface area contributed by atoms with Gasteiger partial charge in [-0.1, -0.05) is 12.1 Å². The van der Waals surface area contributed by atoms with E-state index in [4.69, 9.17) is 5.73 Å². The van der Waals surface area contributed by atoms with Gasteiger partial charge in [0.1, 0.15) is 0 Å². The summed E-state index contributed by atoms with van der Waals surface area (Å²) in [5.74, 6) is 1.70. The molecule has 3 nitrogen and oxygen atoms in total. The summed E-state index contributed by atoms with van der Waals surface area (Å²) < 4.78 is 11.2. The van der Waals surface area contributed by atoms with E-state index in [0.29, 0.717) is 0 Å². The van der Waals surface area contributed by atoms with E-state index in [1.807, 2.05) is 12.1 Å². The molecule has 17 heavy (non-hydrogen) atoms. The zero-order chi connectivity index (χ0) is 12.1. The largest absolute Gasteiger partial charge is 0.399 e. The van der Waals surface area contributed by atoms with Gasteiger partial charge in [0.25, 0.3) is 0 Å². The normalized spacial score (nSPS) is 18.4. The predicted octanol–water partition coefficient (Wildman–Crippen LogP) is 1.27. The van der Waals surface area contributed by atoms with Gasteiger partial charge in [-0.15, -0.1) is 0 Å². The van der Waals surface area contributed by atoms with Gasteiger partial charge < -0.3 is 10.6 Å². The van der Waals surface area contributed by atoms with Gasteiger partial charge in [-0.3, -0.25) is 4.21 Å². The van der Waals surface area contributed by atoms with Crippen LogP contribution < -0.4 is 5.73 Å². The van der Waals surface area contributed by atoms with E-state index < -0.39 is 10.8 Å². The lowest BCUT2D eigenvalue weighted by Gasteiger charge is -2.25. The molecule has 0 amide bonds. The average molecular weight is 252 g/mol. The molecule has 1 fully saturated rings. The number of hydrogen-bond donors (Lipinski definition) is 1. The molecule has 0 bridgehead atoms. The number of hydrogen-bond acceptors (Lipinski definition) is 3. The van der Waals surface area contributed by atoms with Crippen LogP contribution in [0, 0.1) is 0 Å². The van der Waals surface area contributed by atoms with Crippen molar-refractivity contribution in [1.82, 2.24) is 4.90 Å². The third-order valence-electron chi connectivity index (χ3n) is 3.19. The van der Waals surface area contributed by atoms with Crippen LogP contribution in [0.15, 0.2) is 24.3 Å². The second-order valence-electron chi connectivity index (χ2n) is 4.53. The average Bonchev–Trinajstić information content (AvgIpc) is 2.34. The smallest absolute Gasteiger partial charge is 0.0363 e. The minimum atomic E-state index is -0.561. The molecule has 2 N–H and O–H groups in total. The zero-order valence-corrected chi connectivity index (χ0v) is 10.9. The molecule has 0 spiro atoms. The summed E-state index contributed by atoms with van der Waals surface area (Å²) >= 11 is 0. The van der Waals surface area contributed by atoms with Crippen LogP contribution in [0.2, 0.25) is 0 Å². The molecule has 1 aromatic rings. The monoisotopic (exact) mass is 252 g/mol. The highest BCUT2D eigenvalue weighted by Gasteiger charge is 2.13. The van der Waals surface area contributed by atoms with E-state index in [0.717, 1.165) is 49.7 Å². The van der Waals surface area contributed by atoms with Crippen molar-refractivity contribution in [3.63, 3.8) is 0 Å². The molecule has 1 saturated heterocycles. The highest BCUT2D eigenvalue weighted by atomic mass is 32.2. The Labute approximate surface area is 105 Å². The van der Waals surface area contributed by atoms with Crippen LogP contribution in [-0.4, -0.2) is 40.2 Å². The highest BCUT2D eigenvalue weighted by molar-refractivity contribution is 7.85. The van der Waals surface area contributed by atoms with E-state index in [9.17, 15) is 4.21 Å². The highest BCUT2D eigenvalue weighted by Crippen LogP contribution is 2.09. The van der Waals surface area contributed by atoms with Crippen LogP contribution in [0.5, 0.6) is 0 Å². The number of anilines is 1. The summed E-state index contributed by atoms with van der Waals surface area (Å²) in [5.41, 5.74) is 7.82. The van der Waals surface area contributed by atoms with Crippen molar-refractivity contribution in [1.29, 1.82) is 0 Å². The van der Waals surface area contributed by atoms with Gasteiger partial charge in [0.2, 0.25) is 0 Å². The number of nitrogen functional groups attached to an aromatic ring is 1. The Morgan fingerprint density at radius 1 is 1.18 bits per heavy atom. The lowest BCUT2D eigenvalue weighted by Crippen LogP contribution is -2.38.